The standard InChI is InChI=1S/C47H48F4N10O4S.C14H13FN2O2/c1-24(2)40(45(62)59-14-4-5-25(59)3)61-22-36(57-58-61)27-8-6-26(7-9-27)23-64-41-38(31-10-11-35(48)42-37(31)33(19-52)43(53)66-42)34(47(49,50)51)18-32-39(41)55-46(65-30-12-15-63-16-13-30)56-44(32)60-21-28-17-29(60)20-54-28;15-13-7-16-6-5-12(13)10-1-3-11(4-2-10)14(8-18)17-9-19/h6-11,18,22,24-25,28-30,40,54H,4-5,12-17,20-21,23,53H2,1-3H3;1-7,9,14,18H,8H2,(H,17,19). The molecule has 0 spiro atoms. The molecule has 2 bridgehead atoms. The molecule has 442 valence electrons. The highest BCUT2D eigenvalue weighted by atomic mass is 32.1. The van der Waals surface area contributed by atoms with Crippen molar-refractivity contribution in [2.24, 2.45) is 5.92 Å². The zero-order valence-electron chi connectivity index (χ0n) is 46.7. The molecule has 5 unspecified atom stereocenters. The second kappa shape index (κ2) is 24.7. The van der Waals surface area contributed by atoms with Crippen LogP contribution in [0.5, 0.6) is 11.8 Å². The Morgan fingerprint density at radius 1 is 1.02 bits per heavy atom. The molecule has 2 amide bonds. The summed E-state index contributed by atoms with van der Waals surface area (Å²) in [7, 11) is 0. The highest BCUT2D eigenvalue weighted by molar-refractivity contribution is 7.23. The number of aliphatic hydroxyl groups excluding tert-OH is 1. The van der Waals surface area contributed by atoms with Crippen LogP contribution in [-0.4, -0.2) is 116 Å². The SMILES string of the molecule is CC(C)C(C(=O)N1CCCC1C)n1cc(-c2ccc(COc3c(-c4ccc(F)c5sc(N)c(C#N)c45)c(C(F)(F)F)cc4c(N5CC6CC5CN6)nc(OC5CCOCC5)nc34)cc2)nn1.O=CNC(CO)c1ccc(-c2ccncc2F)cc1. The molecule has 5 N–H and O–H groups in total. The zero-order valence-corrected chi connectivity index (χ0v) is 47.5. The molecule has 0 radical (unpaired) electrons. The number of nitrogens with two attached hydrogens (primary N) is 1. The number of carbonyl (C=O) groups is 2. The fourth-order valence-electron chi connectivity index (χ4n) is 11.8. The lowest BCUT2D eigenvalue weighted by atomic mass is 9.92. The number of nitriles is 1. The van der Waals surface area contributed by atoms with Crippen LogP contribution in [0.25, 0.3) is 54.5 Å². The average Bonchev–Trinajstić information content (AvgIpc) is 3.32. The first kappa shape index (κ1) is 58.4. The number of anilines is 2. The molecular formula is C61H61F5N12O6S. The van der Waals surface area contributed by atoms with Gasteiger partial charge in [-0.3, -0.25) is 14.6 Å². The number of amides is 2. The van der Waals surface area contributed by atoms with Crippen LogP contribution in [0.4, 0.5) is 32.8 Å². The van der Waals surface area contributed by atoms with Crippen molar-refractivity contribution < 1.29 is 50.9 Å². The molecule has 4 fully saturated rings. The summed E-state index contributed by atoms with van der Waals surface area (Å²) in [4.78, 5) is 41.4. The van der Waals surface area contributed by atoms with E-state index in [1.165, 1.54) is 12.3 Å². The number of nitrogens with one attached hydrogen (secondary N) is 2. The summed E-state index contributed by atoms with van der Waals surface area (Å²) in [5, 5.41) is 34.2. The largest absolute Gasteiger partial charge is 0.486 e. The van der Waals surface area contributed by atoms with E-state index in [0.29, 0.717) is 80.0 Å². The number of likely N-dealkylation sites (tertiary alicyclic amines) is 1. The molecule has 18 nitrogen and oxygen atoms in total. The van der Waals surface area contributed by atoms with Crippen LogP contribution in [0.3, 0.4) is 0 Å². The summed E-state index contributed by atoms with van der Waals surface area (Å²) in [6, 6.07) is 20.3. The number of aliphatic hydroxyl groups is 1. The first-order valence-electron chi connectivity index (χ1n) is 28.1. The van der Waals surface area contributed by atoms with Crippen LogP contribution < -0.4 is 30.7 Å². The third-order valence-electron chi connectivity index (χ3n) is 16.2. The molecule has 85 heavy (non-hydrogen) atoms. The molecule has 4 aliphatic rings. The average molecular weight is 1190 g/mol. The van der Waals surface area contributed by atoms with Gasteiger partial charge >= 0.3 is 12.2 Å². The lowest BCUT2D eigenvalue weighted by Crippen LogP contribution is -2.44. The molecule has 4 aliphatic heterocycles. The van der Waals surface area contributed by atoms with Crippen LogP contribution in [0.2, 0.25) is 0 Å². The number of nitrogen functional groups attached to an aromatic ring is 1. The van der Waals surface area contributed by atoms with Gasteiger partial charge in [0.25, 0.3) is 0 Å². The number of fused-ring (bicyclic) bond motifs is 4. The van der Waals surface area contributed by atoms with Crippen LogP contribution in [0.1, 0.15) is 87.2 Å². The number of alkyl halides is 3. The summed E-state index contributed by atoms with van der Waals surface area (Å²) in [6.45, 7) is 8.40. The van der Waals surface area contributed by atoms with Crippen molar-refractivity contribution in [2.45, 2.75) is 102 Å². The number of nitrogens with zero attached hydrogens (tertiary/aromatic N) is 9. The highest BCUT2D eigenvalue weighted by Crippen LogP contribution is 2.52. The molecule has 8 heterocycles. The molecule has 12 rings (SSSR count). The quantitative estimate of drug-likeness (QED) is 0.0521. The van der Waals surface area contributed by atoms with Gasteiger partial charge in [-0.05, 0) is 72.6 Å². The van der Waals surface area contributed by atoms with Crippen LogP contribution in [-0.2, 0) is 27.1 Å². The first-order chi connectivity index (χ1) is 41.0. The van der Waals surface area contributed by atoms with Crippen molar-refractivity contribution in [3.63, 3.8) is 0 Å². The summed E-state index contributed by atoms with van der Waals surface area (Å²) < 4.78 is 96.6. The van der Waals surface area contributed by atoms with Gasteiger partial charge in [0.15, 0.2) is 5.75 Å². The number of benzene rings is 4. The fraction of sp³-hybridized carbons (Fsp3) is 0.377. The minimum Gasteiger partial charge on any atom is -0.486 e. The van der Waals surface area contributed by atoms with Crippen LogP contribution in [0, 0.1) is 28.9 Å². The Kier molecular flexibility index (Phi) is 17.0. The van der Waals surface area contributed by atoms with Crippen molar-refractivity contribution in [3.05, 3.63) is 125 Å². The summed E-state index contributed by atoms with van der Waals surface area (Å²) in [5.41, 5.74) is 8.32. The Balaban J connectivity index is 0.000000336. The van der Waals surface area contributed by atoms with E-state index in [1.807, 2.05) is 29.7 Å². The number of aromatic nitrogens is 6. The predicted octanol–water partition coefficient (Wildman–Crippen LogP) is 9.94. The Labute approximate surface area is 489 Å². The van der Waals surface area contributed by atoms with Crippen LogP contribution in [0.15, 0.2) is 91.4 Å². The Bertz CT molecular complexity index is 3800. The van der Waals surface area contributed by atoms with Crippen molar-refractivity contribution in [1.29, 1.82) is 5.26 Å². The maximum Gasteiger partial charge on any atom is 0.417 e. The Morgan fingerprint density at radius 3 is 2.44 bits per heavy atom. The van der Waals surface area contributed by atoms with E-state index in [1.54, 1.807) is 65.5 Å². The molecular weight excluding hydrogens is 1120 g/mol. The summed E-state index contributed by atoms with van der Waals surface area (Å²) in [6.07, 6.45) is 3.56. The van der Waals surface area contributed by atoms with Gasteiger partial charge in [0.05, 0.1) is 54.1 Å². The molecule has 4 aromatic heterocycles. The van der Waals surface area contributed by atoms with E-state index >= 15 is 17.6 Å². The fourth-order valence-corrected chi connectivity index (χ4v) is 12.8. The molecule has 0 saturated carbocycles. The minimum atomic E-state index is -4.97. The second-order valence-corrected chi connectivity index (χ2v) is 23.0. The van der Waals surface area contributed by atoms with E-state index in [0.717, 1.165) is 54.5 Å². The topological polar surface area (TPSA) is 232 Å². The van der Waals surface area contributed by atoms with Gasteiger partial charge in [-0.15, -0.1) is 16.4 Å². The first-order valence-corrected chi connectivity index (χ1v) is 28.9. The number of thiophene rings is 1. The number of hydrogen-bond acceptors (Lipinski definition) is 16. The second-order valence-electron chi connectivity index (χ2n) is 22.0. The monoisotopic (exact) mass is 1180 g/mol. The van der Waals surface area contributed by atoms with E-state index in [-0.39, 0.29) is 110 Å². The molecule has 4 aromatic carbocycles. The smallest absolute Gasteiger partial charge is 0.417 e. The molecule has 24 heteroatoms. The normalized spacial score (nSPS) is 18.6. The molecule has 8 aromatic rings. The highest BCUT2D eigenvalue weighted by Gasteiger charge is 2.43. The third-order valence-corrected chi connectivity index (χ3v) is 17.2. The van der Waals surface area contributed by atoms with Gasteiger partial charge in [0, 0.05) is 84.3 Å². The number of pyridine rings is 1. The maximum absolute atomic E-state index is 15.8. The molecule has 5 atom stereocenters. The van der Waals surface area contributed by atoms with Gasteiger partial charge < -0.3 is 45.5 Å². The molecule has 0 aliphatic carbocycles. The number of carbonyl (C=O) groups excluding carboxylic acids is 2. The number of ether oxygens (including phenoxy) is 3. The van der Waals surface area contributed by atoms with Gasteiger partial charge in [-0.2, -0.15) is 28.4 Å². The number of piperazine rings is 1. The van der Waals surface area contributed by atoms with E-state index in [4.69, 9.17) is 35.0 Å². The van der Waals surface area contributed by atoms with Crippen molar-refractivity contribution in [2.75, 3.05) is 50.1 Å². The lowest BCUT2D eigenvalue weighted by molar-refractivity contribution is -0.137. The number of halogens is 5. The predicted molar refractivity (Wildman–Crippen MR) is 309 cm³/mol. The summed E-state index contributed by atoms with van der Waals surface area (Å²) >= 11 is 0.790. The van der Waals surface area contributed by atoms with Gasteiger partial charge in [-0.25, -0.2) is 13.5 Å². The van der Waals surface area contributed by atoms with E-state index in [9.17, 15) is 19.2 Å². The zero-order chi connectivity index (χ0) is 59.7. The Morgan fingerprint density at radius 2 is 1.79 bits per heavy atom. The summed E-state index contributed by atoms with van der Waals surface area (Å²) in [5.74, 6) is -1.11. The van der Waals surface area contributed by atoms with Crippen molar-refractivity contribution in [1.82, 2.24) is 45.5 Å². The van der Waals surface area contributed by atoms with Crippen molar-refractivity contribution in [3.8, 4) is 51.3 Å². The van der Waals surface area contributed by atoms with Gasteiger partial charge in [-0.1, -0.05) is 73.7 Å². The van der Waals surface area contributed by atoms with Crippen molar-refractivity contribution >= 4 is 55.5 Å². The van der Waals surface area contributed by atoms with Gasteiger partial charge in [0.1, 0.15) is 58.5 Å². The number of rotatable bonds is 16. The molecule has 4 saturated heterocycles. The third kappa shape index (κ3) is 11.9. The van der Waals surface area contributed by atoms with E-state index < -0.39 is 35.2 Å². The minimum absolute atomic E-state index is 0.0115. The maximum atomic E-state index is 15.8. The van der Waals surface area contributed by atoms with Gasteiger partial charge in [0.2, 0.25) is 12.3 Å². The lowest BCUT2D eigenvalue weighted by Gasteiger charge is -2.31. The van der Waals surface area contributed by atoms with Crippen LogP contribution >= 0.6 is 11.3 Å². The van der Waals surface area contributed by atoms with E-state index in [2.05, 4.69) is 32.9 Å². The Hall–Kier alpha value is -8.37. The number of hydrogen-bond donors (Lipinski definition) is 4.